The van der Waals surface area contributed by atoms with Crippen LogP contribution in [0.1, 0.15) is 57.9 Å². The lowest BCUT2D eigenvalue weighted by Gasteiger charge is -2.39. The minimum absolute atomic E-state index is 0.195. The van der Waals surface area contributed by atoms with Gasteiger partial charge in [0.15, 0.2) is 0 Å². The number of rotatable bonds is 3. The van der Waals surface area contributed by atoms with Crippen LogP contribution in [-0.2, 0) is 4.79 Å². The molecular formula is C17H28N4O2. The minimum Gasteiger partial charge on any atom is -0.424 e. The number of likely N-dealkylation sites (tertiary alicyclic amines) is 2. The zero-order chi connectivity index (χ0) is 16.6. The van der Waals surface area contributed by atoms with Gasteiger partial charge in [-0.3, -0.25) is 9.69 Å². The van der Waals surface area contributed by atoms with Crippen LogP contribution in [0, 0.1) is 18.3 Å². The lowest BCUT2D eigenvalue weighted by molar-refractivity contribution is -0.131. The van der Waals surface area contributed by atoms with Crippen LogP contribution in [0.2, 0.25) is 0 Å². The molecule has 1 amide bonds. The number of aryl methyl sites for hydroxylation is 1. The van der Waals surface area contributed by atoms with Crippen LogP contribution in [0.3, 0.4) is 0 Å². The summed E-state index contributed by atoms with van der Waals surface area (Å²) < 4.78 is 5.74. The topological polar surface area (TPSA) is 62.5 Å². The van der Waals surface area contributed by atoms with Gasteiger partial charge in [-0.05, 0) is 30.6 Å². The van der Waals surface area contributed by atoms with E-state index in [4.69, 9.17) is 4.42 Å². The van der Waals surface area contributed by atoms with Crippen LogP contribution < -0.4 is 0 Å². The first-order valence-electron chi connectivity index (χ1n) is 8.68. The number of amides is 1. The van der Waals surface area contributed by atoms with Crippen molar-refractivity contribution in [2.45, 2.75) is 53.0 Å². The molecule has 3 heterocycles. The summed E-state index contributed by atoms with van der Waals surface area (Å²) in [5.41, 5.74) is 0.286. The molecule has 1 unspecified atom stereocenters. The third kappa shape index (κ3) is 3.42. The molecule has 0 N–H and O–H groups in total. The van der Waals surface area contributed by atoms with E-state index in [1.165, 1.54) is 0 Å². The molecule has 3 rings (SSSR count). The molecule has 1 aromatic rings. The lowest BCUT2D eigenvalue weighted by atomic mass is 9.76. The number of aromatic nitrogens is 2. The maximum absolute atomic E-state index is 11.6. The molecule has 0 aliphatic carbocycles. The zero-order valence-corrected chi connectivity index (χ0v) is 14.7. The second kappa shape index (κ2) is 6.23. The number of piperidine rings is 1. The molecule has 6 nitrogen and oxygen atoms in total. The first-order valence-corrected chi connectivity index (χ1v) is 8.68. The molecule has 128 valence electrons. The van der Waals surface area contributed by atoms with E-state index < -0.39 is 0 Å². The highest BCUT2D eigenvalue weighted by atomic mass is 16.4. The molecule has 0 bridgehead atoms. The molecule has 0 aromatic carbocycles. The van der Waals surface area contributed by atoms with Gasteiger partial charge in [-0.1, -0.05) is 13.8 Å². The highest BCUT2D eigenvalue weighted by molar-refractivity contribution is 5.73. The Morgan fingerprint density at radius 2 is 2.04 bits per heavy atom. The average Bonchev–Trinajstić information content (AvgIpc) is 3.03. The molecule has 2 aliphatic heterocycles. The van der Waals surface area contributed by atoms with E-state index in [1.54, 1.807) is 6.92 Å². The van der Waals surface area contributed by atoms with Gasteiger partial charge >= 0.3 is 0 Å². The normalized spacial score (nSPS) is 24.7. The van der Waals surface area contributed by atoms with Crippen molar-refractivity contribution in [3.8, 4) is 0 Å². The maximum atomic E-state index is 11.6. The van der Waals surface area contributed by atoms with Crippen molar-refractivity contribution in [2.75, 3.05) is 26.2 Å². The summed E-state index contributed by atoms with van der Waals surface area (Å²) in [7, 11) is 0. The first kappa shape index (κ1) is 16.4. The second-order valence-electron chi connectivity index (χ2n) is 7.71. The van der Waals surface area contributed by atoms with Gasteiger partial charge in [-0.15, -0.1) is 10.2 Å². The van der Waals surface area contributed by atoms with Crippen molar-refractivity contribution in [1.82, 2.24) is 20.0 Å². The Bertz CT molecular complexity index is 561. The van der Waals surface area contributed by atoms with Crippen LogP contribution in [0.5, 0.6) is 0 Å². The predicted octanol–water partition coefficient (Wildman–Crippen LogP) is 2.41. The predicted molar refractivity (Wildman–Crippen MR) is 86.7 cm³/mol. The second-order valence-corrected chi connectivity index (χ2v) is 7.71. The van der Waals surface area contributed by atoms with Gasteiger partial charge in [-0.25, -0.2) is 0 Å². The number of hydrogen-bond acceptors (Lipinski definition) is 5. The van der Waals surface area contributed by atoms with Crippen LogP contribution in [0.4, 0.5) is 0 Å². The summed E-state index contributed by atoms with van der Waals surface area (Å²) in [4.78, 5) is 16.1. The van der Waals surface area contributed by atoms with Crippen LogP contribution in [0.15, 0.2) is 4.42 Å². The van der Waals surface area contributed by atoms with E-state index in [0.29, 0.717) is 11.8 Å². The highest BCUT2D eigenvalue weighted by Gasteiger charge is 2.47. The largest absolute Gasteiger partial charge is 0.424 e. The molecular weight excluding hydrogens is 292 g/mol. The number of hydrogen-bond donors (Lipinski definition) is 0. The molecule has 2 saturated heterocycles. The molecule has 0 saturated carbocycles. The van der Waals surface area contributed by atoms with Crippen molar-refractivity contribution in [3.05, 3.63) is 11.8 Å². The lowest BCUT2D eigenvalue weighted by Crippen LogP contribution is -2.43. The van der Waals surface area contributed by atoms with E-state index in [-0.39, 0.29) is 17.4 Å². The molecule has 2 aliphatic rings. The van der Waals surface area contributed by atoms with Crippen molar-refractivity contribution >= 4 is 5.91 Å². The Kier molecular flexibility index (Phi) is 4.45. The monoisotopic (exact) mass is 320 g/mol. The van der Waals surface area contributed by atoms with E-state index in [2.05, 4.69) is 28.9 Å². The van der Waals surface area contributed by atoms with Crippen LogP contribution in [0.25, 0.3) is 0 Å². The van der Waals surface area contributed by atoms with E-state index in [0.717, 1.165) is 51.3 Å². The third-order valence-corrected chi connectivity index (χ3v) is 5.30. The molecule has 1 spiro atoms. The van der Waals surface area contributed by atoms with Gasteiger partial charge in [-0.2, -0.15) is 0 Å². The molecule has 1 aromatic heterocycles. The van der Waals surface area contributed by atoms with Gasteiger partial charge in [0, 0.05) is 40.0 Å². The van der Waals surface area contributed by atoms with Crippen molar-refractivity contribution in [1.29, 1.82) is 0 Å². The maximum Gasteiger partial charge on any atom is 0.233 e. The third-order valence-electron chi connectivity index (χ3n) is 5.30. The minimum atomic E-state index is 0.195. The van der Waals surface area contributed by atoms with Gasteiger partial charge in [0.1, 0.15) is 0 Å². The molecule has 6 heteroatoms. The standard InChI is InChI=1S/C17H28N4O2/c1-12(2)10-21-11-17(5-7-20(8-6-17)14(4)22)9-15(21)16-19-18-13(3)23-16/h12,15H,5-11H2,1-4H3. The Morgan fingerprint density at radius 1 is 1.35 bits per heavy atom. The van der Waals surface area contributed by atoms with Crippen molar-refractivity contribution in [2.24, 2.45) is 11.3 Å². The molecule has 2 fully saturated rings. The van der Waals surface area contributed by atoms with Gasteiger partial charge in [0.2, 0.25) is 17.7 Å². The first-order chi connectivity index (χ1) is 10.9. The summed E-state index contributed by atoms with van der Waals surface area (Å²) in [5, 5.41) is 8.30. The molecule has 0 radical (unpaired) electrons. The highest BCUT2D eigenvalue weighted by Crippen LogP contribution is 2.48. The quantitative estimate of drug-likeness (QED) is 0.856. The Hall–Kier alpha value is -1.43. The van der Waals surface area contributed by atoms with Gasteiger partial charge < -0.3 is 9.32 Å². The Labute approximate surface area is 138 Å². The summed E-state index contributed by atoms with van der Waals surface area (Å²) in [6.45, 7) is 11.9. The number of carbonyl (C=O) groups is 1. The van der Waals surface area contributed by atoms with E-state index in [1.807, 2.05) is 11.8 Å². The fraction of sp³-hybridized carbons (Fsp3) is 0.824. The van der Waals surface area contributed by atoms with Gasteiger partial charge in [0.25, 0.3) is 0 Å². The van der Waals surface area contributed by atoms with Crippen molar-refractivity contribution < 1.29 is 9.21 Å². The fourth-order valence-electron chi connectivity index (χ4n) is 4.15. The SMILES string of the molecule is CC(=O)N1CCC2(CC1)CC(c1nnc(C)o1)N(CC(C)C)C2. The fourth-order valence-corrected chi connectivity index (χ4v) is 4.15. The zero-order valence-electron chi connectivity index (χ0n) is 14.7. The Balaban J connectivity index is 1.76. The summed E-state index contributed by atoms with van der Waals surface area (Å²) in [6.07, 6.45) is 3.21. The number of nitrogens with zero attached hydrogens (tertiary/aromatic N) is 4. The smallest absolute Gasteiger partial charge is 0.233 e. The summed E-state index contributed by atoms with van der Waals surface area (Å²) >= 11 is 0. The number of carbonyl (C=O) groups excluding carboxylic acids is 1. The molecule has 1 atom stereocenters. The Morgan fingerprint density at radius 3 is 2.57 bits per heavy atom. The average molecular weight is 320 g/mol. The summed E-state index contributed by atoms with van der Waals surface area (Å²) in [5.74, 6) is 2.20. The van der Waals surface area contributed by atoms with E-state index >= 15 is 0 Å². The van der Waals surface area contributed by atoms with Crippen LogP contribution in [-0.4, -0.2) is 52.1 Å². The van der Waals surface area contributed by atoms with Crippen LogP contribution >= 0.6 is 0 Å². The van der Waals surface area contributed by atoms with E-state index in [9.17, 15) is 4.79 Å². The molecule has 23 heavy (non-hydrogen) atoms. The van der Waals surface area contributed by atoms with Gasteiger partial charge in [0.05, 0.1) is 6.04 Å². The summed E-state index contributed by atoms with van der Waals surface area (Å²) in [6, 6.07) is 0.225. The van der Waals surface area contributed by atoms with Crippen molar-refractivity contribution in [3.63, 3.8) is 0 Å².